The van der Waals surface area contributed by atoms with Gasteiger partial charge in [0.2, 0.25) is 5.91 Å². The Morgan fingerprint density at radius 1 is 0.915 bits per heavy atom. The lowest BCUT2D eigenvalue weighted by Gasteiger charge is -2.32. The van der Waals surface area contributed by atoms with E-state index in [0.29, 0.717) is 47.4 Å². The van der Waals surface area contributed by atoms with E-state index < -0.39 is 52.2 Å². The molecule has 0 N–H and O–H groups in total. The number of alkyl halides is 6. The summed E-state index contributed by atoms with van der Waals surface area (Å²) in [6, 6.07) is 6.84. The van der Waals surface area contributed by atoms with Gasteiger partial charge in [0, 0.05) is 18.7 Å². The van der Waals surface area contributed by atoms with Crippen LogP contribution in [0.3, 0.4) is 0 Å². The summed E-state index contributed by atoms with van der Waals surface area (Å²) < 4.78 is 101. The average Bonchev–Trinajstić information content (AvgIpc) is 2.99. The molecule has 0 bridgehead atoms. The second kappa shape index (κ2) is 13.3. The van der Waals surface area contributed by atoms with Crippen LogP contribution >= 0.6 is 0 Å². The van der Waals surface area contributed by atoms with Gasteiger partial charge < -0.3 is 9.64 Å². The summed E-state index contributed by atoms with van der Waals surface area (Å²) in [6.45, 7) is 6.08. The number of likely N-dealkylation sites (N-methyl/N-ethyl adjacent to an activating group) is 1. The number of anilines is 1. The lowest BCUT2D eigenvalue weighted by atomic mass is 9.81. The zero-order chi connectivity index (χ0) is 34.9. The fourth-order valence-electron chi connectivity index (χ4n) is 5.51. The van der Waals surface area contributed by atoms with Gasteiger partial charge in [-0.2, -0.15) is 26.3 Å². The normalized spacial score (nSPS) is 15.0. The minimum absolute atomic E-state index is 0.0130. The molecule has 1 aliphatic rings. The lowest BCUT2D eigenvalue weighted by Crippen LogP contribution is -2.42. The first-order valence-electron chi connectivity index (χ1n) is 14.8. The van der Waals surface area contributed by atoms with Crippen LogP contribution in [0.2, 0.25) is 0 Å². The van der Waals surface area contributed by atoms with Crippen molar-refractivity contribution in [1.29, 1.82) is 0 Å². The Balaban J connectivity index is 1.83. The molecule has 1 aliphatic carbocycles. The van der Waals surface area contributed by atoms with Gasteiger partial charge in [0.1, 0.15) is 5.82 Å². The number of ether oxygens (including phenoxy) is 1. The van der Waals surface area contributed by atoms with E-state index in [4.69, 9.17) is 4.74 Å². The number of allylic oxidation sites excluding steroid dienone is 3. The van der Waals surface area contributed by atoms with Gasteiger partial charge in [-0.1, -0.05) is 12.1 Å². The first-order chi connectivity index (χ1) is 21.8. The number of carbonyl (C=O) groups is 2. The Kier molecular flexibility index (Phi) is 10.0. The third-order valence-electron chi connectivity index (χ3n) is 8.06. The number of hydrogen-bond donors (Lipinski definition) is 0. The quantitative estimate of drug-likeness (QED) is 0.144. The highest BCUT2D eigenvalue weighted by Crippen LogP contribution is 2.41. The van der Waals surface area contributed by atoms with Crippen LogP contribution in [0.5, 0.6) is 0 Å². The number of rotatable bonds is 7. The number of aromatic nitrogens is 1. The van der Waals surface area contributed by atoms with E-state index >= 15 is 0 Å². The molecule has 12 heteroatoms. The molecule has 0 fully saturated rings. The predicted octanol–water partition coefficient (Wildman–Crippen LogP) is 9.23. The fourth-order valence-corrected chi connectivity index (χ4v) is 5.51. The third kappa shape index (κ3) is 7.91. The Hall–Kier alpha value is -4.48. The van der Waals surface area contributed by atoms with Crippen LogP contribution in [0.4, 0.5) is 36.4 Å². The number of amides is 1. The minimum atomic E-state index is -5.09. The van der Waals surface area contributed by atoms with Crippen LogP contribution in [0.1, 0.15) is 68.0 Å². The summed E-state index contributed by atoms with van der Waals surface area (Å²) in [5.74, 6) is -1.78. The standard InChI is InChI=1S/C35H33F7N2O3/c1-6-47-31(45)14-21-8-7-9-22(13-21)29-18-28(27-11-10-26(36)12-20(27)2)30(19-43-29)44(5)32(46)33(3,4)23-15-24(34(37,38)39)17-25(16-23)35(40,41)42/h10-19H,6-9H2,1-5H3. The molecule has 0 radical (unpaired) electrons. The second-order valence-electron chi connectivity index (χ2n) is 11.8. The first kappa shape index (κ1) is 35.4. The van der Waals surface area contributed by atoms with Crippen LogP contribution < -0.4 is 4.90 Å². The molecular formula is C35H33F7N2O3. The molecular weight excluding hydrogens is 629 g/mol. The average molecular weight is 663 g/mol. The van der Waals surface area contributed by atoms with E-state index in [1.54, 1.807) is 19.9 Å². The van der Waals surface area contributed by atoms with Gasteiger partial charge in [-0.15, -0.1) is 0 Å². The highest BCUT2D eigenvalue weighted by atomic mass is 19.4. The highest BCUT2D eigenvalue weighted by molar-refractivity contribution is 6.03. The number of esters is 1. The van der Waals surface area contributed by atoms with Crippen molar-refractivity contribution in [3.63, 3.8) is 0 Å². The summed E-state index contributed by atoms with van der Waals surface area (Å²) in [5.41, 5.74) is -1.69. The molecule has 0 unspecified atom stereocenters. The second-order valence-corrected chi connectivity index (χ2v) is 11.8. The lowest BCUT2D eigenvalue weighted by molar-refractivity contribution is -0.143. The van der Waals surface area contributed by atoms with Gasteiger partial charge in [0.25, 0.3) is 0 Å². The van der Waals surface area contributed by atoms with Crippen molar-refractivity contribution in [1.82, 2.24) is 4.98 Å². The van der Waals surface area contributed by atoms with Gasteiger partial charge in [-0.25, -0.2) is 9.18 Å². The SMILES string of the molecule is CCOC(=O)C=C1C=C(c2cc(-c3ccc(F)cc3C)c(N(C)C(=O)C(C)(C)c3cc(C(F)(F)F)cc(C(F)(F)F)c3)cn2)CCC1. The van der Waals surface area contributed by atoms with E-state index in [1.165, 1.54) is 51.4 Å². The van der Waals surface area contributed by atoms with Crippen LogP contribution in [0.15, 0.2) is 66.4 Å². The van der Waals surface area contributed by atoms with Crippen molar-refractivity contribution >= 4 is 23.1 Å². The van der Waals surface area contributed by atoms with Crippen LogP contribution in [0.25, 0.3) is 16.7 Å². The molecule has 5 nitrogen and oxygen atoms in total. The Morgan fingerprint density at radius 2 is 1.53 bits per heavy atom. The van der Waals surface area contributed by atoms with Crippen LogP contribution in [0, 0.1) is 12.7 Å². The largest absolute Gasteiger partial charge is 0.463 e. The summed E-state index contributed by atoms with van der Waals surface area (Å²) >= 11 is 0. The maximum atomic E-state index is 14.1. The molecule has 2 aromatic carbocycles. The topological polar surface area (TPSA) is 59.5 Å². The van der Waals surface area contributed by atoms with Crippen LogP contribution in [-0.2, 0) is 32.1 Å². The Labute approximate surface area is 267 Å². The molecule has 47 heavy (non-hydrogen) atoms. The van der Waals surface area contributed by atoms with Gasteiger partial charge in [-0.3, -0.25) is 9.78 Å². The molecule has 0 saturated carbocycles. The van der Waals surface area contributed by atoms with E-state index in [2.05, 4.69) is 4.98 Å². The van der Waals surface area contributed by atoms with Crippen molar-refractivity contribution in [2.75, 3.05) is 18.6 Å². The van der Waals surface area contributed by atoms with Crippen molar-refractivity contribution < 1.29 is 45.1 Å². The van der Waals surface area contributed by atoms with Crippen molar-refractivity contribution in [2.45, 2.75) is 64.7 Å². The van der Waals surface area contributed by atoms with Gasteiger partial charge >= 0.3 is 18.3 Å². The van der Waals surface area contributed by atoms with E-state index in [-0.39, 0.29) is 18.4 Å². The molecule has 0 aliphatic heterocycles. The van der Waals surface area contributed by atoms with Crippen molar-refractivity contribution in [3.05, 3.63) is 100 Å². The zero-order valence-corrected chi connectivity index (χ0v) is 26.4. The maximum absolute atomic E-state index is 14.1. The van der Waals surface area contributed by atoms with E-state index in [1.807, 2.05) is 6.08 Å². The predicted molar refractivity (Wildman–Crippen MR) is 164 cm³/mol. The number of aryl methyl sites for hydroxylation is 1. The molecule has 0 saturated heterocycles. The molecule has 1 aromatic heterocycles. The number of hydrogen-bond acceptors (Lipinski definition) is 4. The Morgan fingerprint density at radius 3 is 2.11 bits per heavy atom. The van der Waals surface area contributed by atoms with Gasteiger partial charge in [-0.05, 0) is 111 Å². The first-order valence-corrected chi connectivity index (χ1v) is 14.8. The molecule has 0 atom stereocenters. The zero-order valence-electron chi connectivity index (χ0n) is 26.4. The van der Waals surface area contributed by atoms with E-state index in [9.17, 15) is 40.3 Å². The van der Waals surface area contributed by atoms with Crippen molar-refractivity contribution in [3.8, 4) is 11.1 Å². The minimum Gasteiger partial charge on any atom is -0.463 e. The number of nitrogens with zero attached hydrogens (tertiary/aromatic N) is 2. The molecule has 250 valence electrons. The summed E-state index contributed by atoms with van der Waals surface area (Å²) in [4.78, 5) is 31.7. The summed E-state index contributed by atoms with van der Waals surface area (Å²) in [7, 11) is 1.35. The molecule has 3 aromatic rings. The summed E-state index contributed by atoms with van der Waals surface area (Å²) in [5, 5.41) is 0. The molecule has 0 spiro atoms. The van der Waals surface area contributed by atoms with Crippen molar-refractivity contribution in [2.24, 2.45) is 0 Å². The van der Waals surface area contributed by atoms with Crippen LogP contribution in [-0.4, -0.2) is 30.5 Å². The number of benzene rings is 2. The monoisotopic (exact) mass is 662 g/mol. The van der Waals surface area contributed by atoms with Gasteiger partial charge in [0.15, 0.2) is 0 Å². The maximum Gasteiger partial charge on any atom is 0.416 e. The molecule has 4 rings (SSSR count). The molecule has 1 heterocycles. The summed E-state index contributed by atoms with van der Waals surface area (Å²) in [6.07, 6.45) is -3.58. The fraction of sp³-hybridized carbons (Fsp3) is 0.343. The third-order valence-corrected chi connectivity index (χ3v) is 8.06. The Bertz CT molecular complexity index is 1720. The number of pyridine rings is 1. The van der Waals surface area contributed by atoms with Gasteiger partial charge in [0.05, 0.1) is 40.7 Å². The number of carbonyl (C=O) groups excluding carboxylic acids is 2. The smallest absolute Gasteiger partial charge is 0.416 e. The highest BCUT2D eigenvalue weighted by Gasteiger charge is 2.41. The number of halogens is 7. The van der Waals surface area contributed by atoms with E-state index in [0.717, 1.165) is 22.5 Å². The molecule has 1 amide bonds.